The zero-order chi connectivity index (χ0) is 21.3. The van der Waals surface area contributed by atoms with E-state index < -0.39 is 6.04 Å². The molecule has 28 heavy (non-hydrogen) atoms. The van der Waals surface area contributed by atoms with Crippen molar-refractivity contribution in [3.63, 3.8) is 0 Å². The smallest absolute Gasteiger partial charge is 0.242 e. The third kappa shape index (κ3) is 9.04. The van der Waals surface area contributed by atoms with E-state index in [0.29, 0.717) is 51.9 Å². The SMILES string of the molecule is COCCNC(=O)[C@@H](NC(=O)CC(C)C)C1CCN(C(=O)CC(C)(C)C)CC1. The molecule has 1 heterocycles. The van der Waals surface area contributed by atoms with Gasteiger partial charge >= 0.3 is 0 Å². The molecule has 0 aromatic heterocycles. The number of nitrogens with one attached hydrogen (secondary N) is 2. The molecule has 1 aliphatic heterocycles. The van der Waals surface area contributed by atoms with E-state index in [4.69, 9.17) is 4.74 Å². The van der Waals surface area contributed by atoms with E-state index in [9.17, 15) is 14.4 Å². The molecule has 0 spiro atoms. The minimum atomic E-state index is -0.567. The van der Waals surface area contributed by atoms with Crippen molar-refractivity contribution in [2.24, 2.45) is 17.3 Å². The number of hydrogen-bond donors (Lipinski definition) is 2. The van der Waals surface area contributed by atoms with Crippen LogP contribution in [0.15, 0.2) is 0 Å². The van der Waals surface area contributed by atoms with Crippen molar-refractivity contribution < 1.29 is 19.1 Å². The topological polar surface area (TPSA) is 87.7 Å². The molecule has 162 valence electrons. The van der Waals surface area contributed by atoms with Crippen LogP contribution in [-0.2, 0) is 19.1 Å². The molecule has 0 bridgehead atoms. The van der Waals surface area contributed by atoms with Crippen LogP contribution in [0.5, 0.6) is 0 Å². The standard InChI is InChI=1S/C21H39N3O4/c1-15(2)13-17(25)23-19(20(27)22-9-12-28-6)16-7-10-24(11-8-16)18(26)14-21(3,4)5/h15-16,19H,7-14H2,1-6H3,(H,22,27)(H,23,25)/t19-/m0/s1. The summed E-state index contributed by atoms with van der Waals surface area (Å²) in [5.41, 5.74) is -0.0392. The number of nitrogens with zero attached hydrogens (tertiary/aromatic N) is 1. The number of rotatable bonds is 9. The van der Waals surface area contributed by atoms with Crippen molar-refractivity contribution in [2.45, 2.75) is 66.3 Å². The summed E-state index contributed by atoms with van der Waals surface area (Å²) in [6, 6.07) is -0.567. The Kier molecular flexibility index (Phi) is 9.93. The van der Waals surface area contributed by atoms with Crippen LogP contribution in [0.4, 0.5) is 0 Å². The normalized spacial score (nSPS) is 16.8. The first-order valence-corrected chi connectivity index (χ1v) is 10.4. The highest BCUT2D eigenvalue weighted by molar-refractivity contribution is 5.88. The second-order valence-electron chi connectivity index (χ2n) is 9.38. The quantitative estimate of drug-likeness (QED) is 0.582. The Morgan fingerprint density at radius 2 is 1.75 bits per heavy atom. The molecule has 1 atom stereocenters. The van der Waals surface area contributed by atoms with Crippen LogP contribution >= 0.6 is 0 Å². The third-order valence-electron chi connectivity index (χ3n) is 4.84. The molecule has 2 N–H and O–H groups in total. The molecule has 1 saturated heterocycles. The predicted octanol–water partition coefficient (Wildman–Crippen LogP) is 1.95. The van der Waals surface area contributed by atoms with Gasteiger partial charge in [0.15, 0.2) is 0 Å². The number of ether oxygens (including phenoxy) is 1. The molecule has 1 rings (SSSR count). The van der Waals surface area contributed by atoms with Gasteiger partial charge in [-0.3, -0.25) is 14.4 Å². The summed E-state index contributed by atoms with van der Waals surface area (Å²) in [4.78, 5) is 39.3. The maximum atomic E-state index is 12.7. The molecule has 0 aromatic rings. The zero-order valence-electron chi connectivity index (χ0n) is 18.5. The number of methoxy groups -OCH3 is 1. The van der Waals surface area contributed by atoms with E-state index in [0.717, 1.165) is 0 Å². The van der Waals surface area contributed by atoms with E-state index in [-0.39, 0.29) is 35.0 Å². The first-order valence-electron chi connectivity index (χ1n) is 10.4. The van der Waals surface area contributed by atoms with Crippen LogP contribution in [0.1, 0.15) is 60.3 Å². The largest absolute Gasteiger partial charge is 0.383 e. The highest BCUT2D eigenvalue weighted by atomic mass is 16.5. The zero-order valence-corrected chi connectivity index (χ0v) is 18.5. The molecule has 3 amide bonds. The fraction of sp³-hybridized carbons (Fsp3) is 0.857. The number of piperidine rings is 1. The van der Waals surface area contributed by atoms with Gasteiger partial charge in [0, 0.05) is 39.6 Å². The number of carbonyl (C=O) groups excluding carboxylic acids is 3. The van der Waals surface area contributed by atoms with E-state index in [2.05, 4.69) is 31.4 Å². The monoisotopic (exact) mass is 397 g/mol. The molecule has 1 aliphatic rings. The molecular formula is C21H39N3O4. The van der Waals surface area contributed by atoms with Gasteiger partial charge in [-0.1, -0.05) is 34.6 Å². The second-order valence-corrected chi connectivity index (χ2v) is 9.38. The first kappa shape index (κ1) is 24.4. The summed E-state index contributed by atoms with van der Waals surface area (Å²) in [5, 5.41) is 5.78. The molecular weight excluding hydrogens is 358 g/mol. The third-order valence-corrected chi connectivity index (χ3v) is 4.84. The molecule has 7 nitrogen and oxygen atoms in total. The Bertz CT molecular complexity index is 520. The van der Waals surface area contributed by atoms with Crippen molar-refractivity contribution in [3.8, 4) is 0 Å². The lowest BCUT2D eigenvalue weighted by atomic mass is 9.87. The average Bonchev–Trinajstić information content (AvgIpc) is 2.58. The van der Waals surface area contributed by atoms with Gasteiger partial charge in [0.05, 0.1) is 6.61 Å². The lowest BCUT2D eigenvalue weighted by Crippen LogP contribution is -2.54. The van der Waals surface area contributed by atoms with E-state index in [1.54, 1.807) is 7.11 Å². The van der Waals surface area contributed by atoms with Crippen LogP contribution < -0.4 is 10.6 Å². The van der Waals surface area contributed by atoms with Gasteiger partial charge in [-0.05, 0) is 30.1 Å². The maximum absolute atomic E-state index is 12.7. The van der Waals surface area contributed by atoms with Crippen molar-refractivity contribution in [2.75, 3.05) is 33.4 Å². The molecule has 0 saturated carbocycles. The number of hydrogen-bond acceptors (Lipinski definition) is 4. The summed E-state index contributed by atoms with van der Waals surface area (Å²) >= 11 is 0. The van der Waals surface area contributed by atoms with E-state index in [1.165, 1.54) is 0 Å². The van der Waals surface area contributed by atoms with Crippen LogP contribution in [0, 0.1) is 17.3 Å². The van der Waals surface area contributed by atoms with Gasteiger partial charge < -0.3 is 20.3 Å². The van der Waals surface area contributed by atoms with Crippen LogP contribution in [0.3, 0.4) is 0 Å². The van der Waals surface area contributed by atoms with Gasteiger partial charge in [0.2, 0.25) is 17.7 Å². The van der Waals surface area contributed by atoms with Gasteiger partial charge in [-0.25, -0.2) is 0 Å². The van der Waals surface area contributed by atoms with Crippen molar-refractivity contribution in [1.29, 1.82) is 0 Å². The van der Waals surface area contributed by atoms with E-state index in [1.807, 2.05) is 18.7 Å². The highest BCUT2D eigenvalue weighted by Gasteiger charge is 2.34. The predicted molar refractivity (Wildman–Crippen MR) is 110 cm³/mol. The molecule has 7 heteroatoms. The average molecular weight is 398 g/mol. The molecule has 0 aromatic carbocycles. The number of likely N-dealkylation sites (tertiary alicyclic amines) is 1. The Balaban J connectivity index is 2.70. The summed E-state index contributed by atoms with van der Waals surface area (Å²) in [7, 11) is 1.58. The van der Waals surface area contributed by atoms with Crippen LogP contribution in [0.2, 0.25) is 0 Å². The fourth-order valence-corrected chi connectivity index (χ4v) is 3.43. The Morgan fingerprint density at radius 3 is 2.25 bits per heavy atom. The van der Waals surface area contributed by atoms with Gasteiger partial charge in [0.25, 0.3) is 0 Å². The molecule has 0 aliphatic carbocycles. The maximum Gasteiger partial charge on any atom is 0.242 e. The Hall–Kier alpha value is -1.63. The number of carbonyl (C=O) groups is 3. The first-order chi connectivity index (χ1) is 13.0. The number of amides is 3. The Morgan fingerprint density at radius 1 is 1.14 bits per heavy atom. The van der Waals surface area contributed by atoms with Crippen molar-refractivity contribution >= 4 is 17.7 Å². The minimum absolute atomic E-state index is 0.0253. The Labute approximate surface area is 169 Å². The van der Waals surface area contributed by atoms with Gasteiger partial charge in [-0.2, -0.15) is 0 Å². The summed E-state index contributed by atoms with van der Waals surface area (Å²) in [6.45, 7) is 12.2. The lowest BCUT2D eigenvalue weighted by Gasteiger charge is -2.36. The van der Waals surface area contributed by atoms with Crippen LogP contribution in [-0.4, -0.2) is 62.0 Å². The van der Waals surface area contributed by atoms with Crippen molar-refractivity contribution in [1.82, 2.24) is 15.5 Å². The second kappa shape index (κ2) is 11.4. The highest BCUT2D eigenvalue weighted by Crippen LogP contribution is 2.25. The minimum Gasteiger partial charge on any atom is -0.383 e. The van der Waals surface area contributed by atoms with Crippen molar-refractivity contribution in [3.05, 3.63) is 0 Å². The molecule has 1 fully saturated rings. The summed E-state index contributed by atoms with van der Waals surface area (Å²) in [6.07, 6.45) is 2.33. The molecule has 0 unspecified atom stereocenters. The lowest BCUT2D eigenvalue weighted by molar-refractivity contribution is -0.136. The van der Waals surface area contributed by atoms with Gasteiger partial charge in [-0.15, -0.1) is 0 Å². The summed E-state index contributed by atoms with van der Waals surface area (Å²) < 4.78 is 4.99. The van der Waals surface area contributed by atoms with E-state index >= 15 is 0 Å². The fourth-order valence-electron chi connectivity index (χ4n) is 3.43. The van der Waals surface area contributed by atoms with Gasteiger partial charge in [0.1, 0.15) is 6.04 Å². The molecule has 0 radical (unpaired) electrons. The summed E-state index contributed by atoms with van der Waals surface area (Å²) in [5.74, 6) is 0.143. The van der Waals surface area contributed by atoms with Crippen LogP contribution in [0.25, 0.3) is 0 Å².